The van der Waals surface area contributed by atoms with Crippen molar-refractivity contribution in [3.63, 3.8) is 0 Å². The summed E-state index contributed by atoms with van der Waals surface area (Å²) in [6, 6.07) is 12.4. The molecule has 23 heavy (non-hydrogen) atoms. The lowest BCUT2D eigenvalue weighted by Crippen LogP contribution is -2.22. The summed E-state index contributed by atoms with van der Waals surface area (Å²) in [6.45, 7) is 2.76. The predicted molar refractivity (Wildman–Crippen MR) is 89.1 cm³/mol. The smallest absolute Gasteiger partial charge is 0.155 e. The van der Waals surface area contributed by atoms with Crippen molar-refractivity contribution < 1.29 is 0 Å². The van der Waals surface area contributed by atoms with Crippen LogP contribution in [0.15, 0.2) is 55.2 Å². The fraction of sp³-hybridized carbons (Fsp3) is 0.235. The van der Waals surface area contributed by atoms with E-state index in [1.54, 1.807) is 10.8 Å². The molecular weight excluding hydrogens is 288 g/mol. The van der Waals surface area contributed by atoms with Crippen LogP contribution in [0.1, 0.15) is 5.56 Å². The number of likely N-dealkylation sites (N-methyl/N-ethyl adjacent to an activating group) is 1. The molecule has 0 amide bonds. The van der Waals surface area contributed by atoms with Crippen molar-refractivity contribution in [2.24, 2.45) is 0 Å². The Balaban J connectivity index is 1.42. The largest absolute Gasteiger partial charge is 0.329 e. The van der Waals surface area contributed by atoms with Crippen molar-refractivity contribution in [3.05, 3.63) is 60.8 Å². The zero-order valence-corrected chi connectivity index (χ0v) is 13.0. The van der Waals surface area contributed by atoms with Gasteiger partial charge in [0.05, 0.1) is 17.4 Å². The summed E-state index contributed by atoms with van der Waals surface area (Å²) >= 11 is 0. The molecule has 0 aliphatic heterocycles. The molecule has 0 unspecified atom stereocenters. The van der Waals surface area contributed by atoms with Crippen LogP contribution in [-0.4, -0.2) is 42.6 Å². The number of pyridine rings is 1. The second-order valence-electron chi connectivity index (χ2n) is 5.76. The predicted octanol–water partition coefficient (Wildman–Crippen LogP) is 2.21. The van der Waals surface area contributed by atoms with Crippen LogP contribution in [-0.2, 0) is 13.1 Å². The summed E-state index contributed by atoms with van der Waals surface area (Å²) in [6.07, 6.45) is 5.45. The zero-order chi connectivity index (χ0) is 15.6. The SMILES string of the molecule is CN(CCn1cnc2ccccc21)Cc1ccn2ncnc2c1. The highest BCUT2D eigenvalue weighted by molar-refractivity contribution is 5.74. The van der Waals surface area contributed by atoms with E-state index in [0.717, 1.165) is 30.8 Å². The highest BCUT2D eigenvalue weighted by atomic mass is 15.3. The molecule has 0 aliphatic rings. The van der Waals surface area contributed by atoms with Gasteiger partial charge in [-0.2, -0.15) is 5.10 Å². The van der Waals surface area contributed by atoms with Crippen LogP contribution in [0.4, 0.5) is 0 Å². The minimum absolute atomic E-state index is 0.885. The van der Waals surface area contributed by atoms with Gasteiger partial charge in [-0.15, -0.1) is 0 Å². The zero-order valence-electron chi connectivity index (χ0n) is 13.0. The molecule has 6 heteroatoms. The minimum Gasteiger partial charge on any atom is -0.329 e. The molecule has 1 aromatic carbocycles. The van der Waals surface area contributed by atoms with Gasteiger partial charge in [-0.25, -0.2) is 14.5 Å². The van der Waals surface area contributed by atoms with Crippen molar-refractivity contribution in [2.75, 3.05) is 13.6 Å². The van der Waals surface area contributed by atoms with E-state index < -0.39 is 0 Å². The first-order chi connectivity index (χ1) is 11.3. The molecule has 0 saturated heterocycles. The number of para-hydroxylation sites is 2. The van der Waals surface area contributed by atoms with Gasteiger partial charge >= 0.3 is 0 Å². The maximum absolute atomic E-state index is 4.44. The summed E-state index contributed by atoms with van der Waals surface area (Å²) in [5.74, 6) is 0. The molecule has 0 spiro atoms. The molecule has 4 aromatic rings. The third-order valence-corrected chi connectivity index (χ3v) is 4.05. The van der Waals surface area contributed by atoms with Crippen LogP contribution >= 0.6 is 0 Å². The van der Waals surface area contributed by atoms with Crippen LogP contribution in [0.5, 0.6) is 0 Å². The molecule has 3 heterocycles. The van der Waals surface area contributed by atoms with E-state index in [1.807, 2.05) is 24.7 Å². The highest BCUT2D eigenvalue weighted by Gasteiger charge is 2.05. The van der Waals surface area contributed by atoms with Gasteiger partial charge in [-0.3, -0.25) is 0 Å². The molecule has 6 nitrogen and oxygen atoms in total. The standard InChI is InChI=1S/C17H18N6/c1-21(11-14-6-7-23-17(10-14)18-12-20-23)8-9-22-13-19-15-4-2-3-5-16(15)22/h2-7,10,12-13H,8-9,11H2,1H3. The molecule has 4 rings (SSSR count). The molecule has 3 aromatic heterocycles. The fourth-order valence-corrected chi connectivity index (χ4v) is 2.81. The summed E-state index contributed by atoms with van der Waals surface area (Å²) in [5.41, 5.74) is 4.36. The van der Waals surface area contributed by atoms with E-state index in [-0.39, 0.29) is 0 Å². The summed E-state index contributed by atoms with van der Waals surface area (Å²) in [4.78, 5) is 11.0. The van der Waals surface area contributed by atoms with Gasteiger partial charge in [0, 0.05) is 25.8 Å². The summed E-state index contributed by atoms with van der Waals surface area (Å²) in [7, 11) is 2.13. The maximum Gasteiger partial charge on any atom is 0.155 e. The number of aromatic nitrogens is 5. The Labute approximate surface area is 134 Å². The van der Waals surface area contributed by atoms with Crippen LogP contribution in [0.2, 0.25) is 0 Å². The molecule has 0 aliphatic carbocycles. The summed E-state index contributed by atoms with van der Waals surface area (Å²) < 4.78 is 3.98. The molecule has 116 valence electrons. The third-order valence-electron chi connectivity index (χ3n) is 4.05. The average molecular weight is 306 g/mol. The fourth-order valence-electron chi connectivity index (χ4n) is 2.81. The quantitative estimate of drug-likeness (QED) is 0.567. The van der Waals surface area contributed by atoms with Crippen molar-refractivity contribution in [3.8, 4) is 0 Å². The first kappa shape index (κ1) is 13.9. The van der Waals surface area contributed by atoms with Gasteiger partial charge in [0.15, 0.2) is 5.65 Å². The van der Waals surface area contributed by atoms with Crippen molar-refractivity contribution >= 4 is 16.7 Å². The Kier molecular flexibility index (Phi) is 3.51. The van der Waals surface area contributed by atoms with Gasteiger partial charge in [0.1, 0.15) is 6.33 Å². The molecule has 0 atom stereocenters. The third kappa shape index (κ3) is 2.80. The van der Waals surface area contributed by atoms with Crippen molar-refractivity contribution in [1.82, 2.24) is 29.0 Å². The molecular formula is C17H18N6. The number of imidazole rings is 1. The monoisotopic (exact) mass is 306 g/mol. The molecule has 0 fully saturated rings. The van der Waals surface area contributed by atoms with Crippen LogP contribution in [0, 0.1) is 0 Å². The van der Waals surface area contributed by atoms with E-state index in [9.17, 15) is 0 Å². The highest BCUT2D eigenvalue weighted by Crippen LogP contribution is 2.12. The number of fused-ring (bicyclic) bond motifs is 2. The minimum atomic E-state index is 0.885. The molecule has 0 N–H and O–H groups in total. The summed E-state index contributed by atoms with van der Waals surface area (Å²) in [5, 5.41) is 4.12. The second kappa shape index (κ2) is 5.81. The second-order valence-corrected chi connectivity index (χ2v) is 5.76. The van der Waals surface area contributed by atoms with Crippen molar-refractivity contribution in [1.29, 1.82) is 0 Å². The van der Waals surface area contributed by atoms with Gasteiger partial charge in [0.25, 0.3) is 0 Å². The maximum atomic E-state index is 4.44. The van der Waals surface area contributed by atoms with Crippen LogP contribution in [0.3, 0.4) is 0 Å². The van der Waals surface area contributed by atoms with Gasteiger partial charge in [-0.1, -0.05) is 12.1 Å². The Bertz CT molecular complexity index is 938. The lowest BCUT2D eigenvalue weighted by atomic mass is 10.2. The molecule has 0 bridgehead atoms. The lowest BCUT2D eigenvalue weighted by Gasteiger charge is -2.17. The Morgan fingerprint density at radius 1 is 1.13 bits per heavy atom. The topological polar surface area (TPSA) is 51.2 Å². The van der Waals surface area contributed by atoms with E-state index in [4.69, 9.17) is 0 Å². The Morgan fingerprint density at radius 3 is 3.00 bits per heavy atom. The number of benzene rings is 1. The number of hydrogen-bond donors (Lipinski definition) is 0. The van der Waals surface area contributed by atoms with Gasteiger partial charge in [-0.05, 0) is 36.9 Å². The number of rotatable bonds is 5. The van der Waals surface area contributed by atoms with E-state index in [0.29, 0.717) is 0 Å². The lowest BCUT2D eigenvalue weighted by molar-refractivity contribution is 0.313. The first-order valence-corrected chi connectivity index (χ1v) is 7.66. The van der Waals surface area contributed by atoms with E-state index >= 15 is 0 Å². The van der Waals surface area contributed by atoms with Gasteiger partial charge in [0.2, 0.25) is 0 Å². The average Bonchev–Trinajstić information content (AvgIpc) is 3.19. The van der Waals surface area contributed by atoms with E-state index in [2.05, 4.69) is 55.8 Å². The first-order valence-electron chi connectivity index (χ1n) is 7.66. The Hall–Kier alpha value is -2.73. The molecule has 0 radical (unpaired) electrons. The number of nitrogens with zero attached hydrogens (tertiary/aromatic N) is 6. The van der Waals surface area contributed by atoms with Crippen LogP contribution in [0.25, 0.3) is 16.7 Å². The van der Waals surface area contributed by atoms with Crippen molar-refractivity contribution in [2.45, 2.75) is 13.1 Å². The van der Waals surface area contributed by atoms with Gasteiger partial charge < -0.3 is 9.47 Å². The molecule has 0 saturated carbocycles. The van der Waals surface area contributed by atoms with Crippen LogP contribution < -0.4 is 0 Å². The normalized spacial score (nSPS) is 11.7. The van der Waals surface area contributed by atoms with E-state index in [1.165, 1.54) is 11.1 Å². The Morgan fingerprint density at radius 2 is 2.04 bits per heavy atom. The number of hydrogen-bond acceptors (Lipinski definition) is 4.